The fraction of sp³-hybridized carbons (Fsp3) is 0.643. The van der Waals surface area contributed by atoms with Crippen LogP contribution in [0.25, 0.3) is 0 Å². The first-order chi connectivity index (χ1) is 17.0. The molecule has 0 radical (unpaired) electrons. The quantitative estimate of drug-likeness (QED) is 0.556. The number of rotatable bonds is 2. The monoisotopic (exact) mass is 518 g/mol. The van der Waals surface area contributed by atoms with E-state index in [1.54, 1.807) is 13.0 Å². The highest BCUT2D eigenvalue weighted by molar-refractivity contribution is 7.10. The molecule has 0 amide bonds. The fourth-order valence-corrected chi connectivity index (χ4v) is 8.95. The van der Waals surface area contributed by atoms with Gasteiger partial charge in [-0.1, -0.05) is 45.4 Å². The highest BCUT2D eigenvalue weighted by Crippen LogP contribution is 2.73. The Morgan fingerprint density at radius 2 is 1.94 bits per heavy atom. The van der Waals surface area contributed by atoms with Crippen LogP contribution in [-0.2, 0) is 19.1 Å². The SMILES string of the molecule is CC.C[C@H]1C[C@H]2C3C[C@H]4OC(c5cccs5)O[C@@]4(C(=O)O)[C@@]3(C)C[C@H](O)[C@]2(F)[C@@]2(C)C=CC(=O)C=C12. The molecule has 8 heteroatoms. The van der Waals surface area contributed by atoms with Crippen LogP contribution in [0.2, 0.25) is 0 Å². The first kappa shape index (κ1) is 25.8. The molecule has 1 saturated heterocycles. The number of ketones is 1. The molecule has 6 nitrogen and oxygen atoms in total. The Morgan fingerprint density at radius 3 is 2.58 bits per heavy atom. The lowest BCUT2D eigenvalue weighted by molar-refractivity contribution is -0.239. The molecule has 4 aliphatic carbocycles. The Morgan fingerprint density at radius 1 is 1.22 bits per heavy atom. The Hall–Kier alpha value is -1.87. The maximum absolute atomic E-state index is 17.4. The lowest BCUT2D eigenvalue weighted by atomic mass is 9.43. The van der Waals surface area contributed by atoms with Crippen LogP contribution in [0.1, 0.15) is 65.0 Å². The maximum Gasteiger partial charge on any atom is 0.339 e. The van der Waals surface area contributed by atoms with E-state index in [1.165, 1.54) is 23.5 Å². The van der Waals surface area contributed by atoms with Crippen LogP contribution in [0.3, 0.4) is 0 Å². The van der Waals surface area contributed by atoms with Gasteiger partial charge in [-0.05, 0) is 61.6 Å². The van der Waals surface area contributed by atoms with Crippen molar-refractivity contribution in [3.63, 3.8) is 0 Å². The molecular formula is C28H35FO6S. The minimum atomic E-state index is -2.03. The van der Waals surface area contributed by atoms with Crippen molar-refractivity contribution >= 4 is 23.1 Å². The Kier molecular flexibility index (Phi) is 5.95. The number of carbonyl (C=O) groups is 2. The summed E-state index contributed by atoms with van der Waals surface area (Å²) in [6, 6.07) is 3.71. The molecule has 1 aromatic rings. The predicted molar refractivity (Wildman–Crippen MR) is 133 cm³/mol. The van der Waals surface area contributed by atoms with E-state index in [1.807, 2.05) is 45.2 Å². The van der Waals surface area contributed by atoms with Crippen LogP contribution in [0.5, 0.6) is 0 Å². The second-order valence-electron chi connectivity index (χ2n) is 11.2. The lowest BCUT2D eigenvalue weighted by Crippen LogP contribution is -2.70. The molecule has 196 valence electrons. The van der Waals surface area contributed by atoms with E-state index < -0.39 is 52.5 Å². The van der Waals surface area contributed by atoms with Gasteiger partial charge in [-0.15, -0.1) is 11.3 Å². The van der Waals surface area contributed by atoms with Crippen LogP contribution in [0, 0.1) is 28.6 Å². The van der Waals surface area contributed by atoms with Gasteiger partial charge < -0.3 is 19.7 Å². The summed E-state index contributed by atoms with van der Waals surface area (Å²) in [5, 5.41) is 23.9. The van der Waals surface area contributed by atoms with E-state index in [9.17, 15) is 19.8 Å². The van der Waals surface area contributed by atoms with Crippen molar-refractivity contribution in [3.8, 4) is 0 Å². The molecule has 0 aromatic carbocycles. The van der Waals surface area contributed by atoms with Gasteiger partial charge in [0, 0.05) is 16.7 Å². The third-order valence-corrected chi connectivity index (χ3v) is 10.7. The van der Waals surface area contributed by atoms with E-state index in [-0.39, 0.29) is 24.0 Å². The third-order valence-electron chi connectivity index (χ3n) is 9.80. The van der Waals surface area contributed by atoms with Crippen LogP contribution in [0.15, 0.2) is 41.3 Å². The zero-order chi connectivity index (χ0) is 26.3. The number of allylic oxidation sites excluding steroid dienone is 4. The molecule has 2 heterocycles. The molecule has 0 bridgehead atoms. The molecule has 1 aliphatic heterocycles. The predicted octanol–water partition coefficient (Wildman–Crippen LogP) is 5.24. The van der Waals surface area contributed by atoms with Gasteiger partial charge in [-0.25, -0.2) is 9.18 Å². The number of aliphatic hydroxyl groups is 1. The number of aliphatic carboxylic acids is 1. The standard InChI is InChI=1S/C26H29FO6S.C2H6/c1-13-9-17-16-11-20-26(22(30)31,33-21(32-20)18-5-4-8-34-18)24(16,3)12-19(29)25(17,27)23(2)7-6-14(28)10-15(13)23;1-2/h4-8,10,13,16-17,19-21,29H,9,11-12H2,1-3H3,(H,30,31);1-2H3/t13-,16?,17-,19-,20+,21?,23-,24-,25-,26-;/m0./s1. The first-order valence-electron chi connectivity index (χ1n) is 12.9. The summed E-state index contributed by atoms with van der Waals surface area (Å²) in [7, 11) is 0. The van der Waals surface area contributed by atoms with Gasteiger partial charge in [0.2, 0.25) is 0 Å². The molecule has 2 N–H and O–H groups in total. The normalized spacial score (nSPS) is 48.6. The zero-order valence-corrected chi connectivity index (χ0v) is 22.2. The molecule has 1 aromatic heterocycles. The molecule has 2 unspecified atom stereocenters. The van der Waals surface area contributed by atoms with Crippen molar-refractivity contribution in [1.29, 1.82) is 0 Å². The summed E-state index contributed by atoms with van der Waals surface area (Å²) in [6.07, 6.45) is 2.27. The molecule has 6 rings (SSSR count). The Balaban J connectivity index is 0.00000130. The Bertz CT molecular complexity index is 1130. The molecule has 5 aliphatic rings. The third kappa shape index (κ3) is 2.93. The second-order valence-corrected chi connectivity index (χ2v) is 12.1. The maximum atomic E-state index is 17.4. The highest BCUT2D eigenvalue weighted by Gasteiger charge is 2.80. The Labute approximate surface area is 215 Å². The number of alkyl halides is 1. The van der Waals surface area contributed by atoms with Crippen molar-refractivity contribution in [1.82, 2.24) is 0 Å². The number of halogens is 1. The van der Waals surface area contributed by atoms with Gasteiger partial charge in [0.25, 0.3) is 0 Å². The van der Waals surface area contributed by atoms with Gasteiger partial charge in [-0.2, -0.15) is 0 Å². The van der Waals surface area contributed by atoms with E-state index >= 15 is 4.39 Å². The molecule has 36 heavy (non-hydrogen) atoms. The summed E-state index contributed by atoms with van der Waals surface area (Å²) < 4.78 is 29.8. The number of carboxylic acid groups (broad SMARTS) is 1. The molecule has 3 saturated carbocycles. The van der Waals surface area contributed by atoms with Crippen LogP contribution < -0.4 is 0 Å². The van der Waals surface area contributed by atoms with Gasteiger partial charge in [-0.3, -0.25) is 4.79 Å². The highest BCUT2D eigenvalue weighted by atomic mass is 32.1. The van der Waals surface area contributed by atoms with Crippen molar-refractivity contribution in [2.45, 2.75) is 83.6 Å². The lowest BCUT2D eigenvalue weighted by Gasteiger charge is -2.63. The number of thiophene rings is 1. The molecular weight excluding hydrogens is 483 g/mol. The van der Waals surface area contributed by atoms with Crippen molar-refractivity contribution in [2.24, 2.45) is 28.6 Å². The number of hydrogen-bond donors (Lipinski definition) is 2. The zero-order valence-electron chi connectivity index (χ0n) is 21.4. The average Bonchev–Trinajstić information content (AvgIpc) is 3.54. The minimum absolute atomic E-state index is 0.0625. The number of carbonyl (C=O) groups excluding carboxylic acids is 1. The first-order valence-corrected chi connectivity index (χ1v) is 13.8. The minimum Gasteiger partial charge on any atom is -0.479 e. The summed E-state index contributed by atoms with van der Waals surface area (Å²) >= 11 is 1.43. The topological polar surface area (TPSA) is 93.1 Å². The van der Waals surface area contributed by atoms with Crippen molar-refractivity contribution in [3.05, 3.63) is 46.2 Å². The summed E-state index contributed by atoms with van der Waals surface area (Å²) in [4.78, 5) is 25.8. The van der Waals surface area contributed by atoms with Crippen molar-refractivity contribution in [2.75, 3.05) is 0 Å². The van der Waals surface area contributed by atoms with Crippen LogP contribution >= 0.6 is 11.3 Å². The second kappa shape index (κ2) is 8.32. The number of fused-ring (bicyclic) bond motifs is 7. The summed E-state index contributed by atoms with van der Waals surface area (Å²) in [5.41, 5.74) is -5.16. The number of hydrogen-bond acceptors (Lipinski definition) is 6. The molecule has 10 atom stereocenters. The fourth-order valence-electron chi connectivity index (χ4n) is 8.27. The van der Waals surface area contributed by atoms with Crippen LogP contribution in [0.4, 0.5) is 4.39 Å². The van der Waals surface area contributed by atoms with E-state index in [0.29, 0.717) is 18.4 Å². The number of carboxylic acids is 1. The molecule has 0 spiro atoms. The number of aliphatic hydroxyl groups excluding tert-OH is 1. The van der Waals surface area contributed by atoms with Gasteiger partial charge >= 0.3 is 5.97 Å². The van der Waals surface area contributed by atoms with Gasteiger partial charge in [0.1, 0.15) is 6.10 Å². The number of ether oxygens (including phenoxy) is 2. The summed E-state index contributed by atoms with van der Waals surface area (Å²) in [6.45, 7) is 9.57. The van der Waals surface area contributed by atoms with E-state index in [4.69, 9.17) is 9.47 Å². The van der Waals surface area contributed by atoms with Gasteiger partial charge in [0.05, 0.1) is 11.0 Å². The van der Waals surface area contributed by atoms with Crippen molar-refractivity contribution < 1.29 is 33.7 Å². The largest absolute Gasteiger partial charge is 0.479 e. The van der Waals surface area contributed by atoms with E-state index in [2.05, 4.69) is 0 Å². The molecule has 4 fully saturated rings. The summed E-state index contributed by atoms with van der Waals surface area (Å²) in [5.74, 6) is -2.34. The smallest absolute Gasteiger partial charge is 0.339 e. The van der Waals surface area contributed by atoms with E-state index in [0.717, 1.165) is 4.88 Å². The van der Waals surface area contributed by atoms with Gasteiger partial charge in [0.15, 0.2) is 23.3 Å². The van der Waals surface area contributed by atoms with Crippen LogP contribution in [-0.4, -0.2) is 45.4 Å². The average molecular weight is 519 g/mol.